The number of anilines is 3. The molecule has 1 aliphatic rings. The fraction of sp³-hybridized carbons (Fsp3) is 0.174. The van der Waals surface area contributed by atoms with Gasteiger partial charge in [0.1, 0.15) is 6.26 Å². The van der Waals surface area contributed by atoms with Crippen LogP contribution in [-0.2, 0) is 11.2 Å². The van der Waals surface area contributed by atoms with Crippen LogP contribution in [0.5, 0.6) is 0 Å². The third kappa shape index (κ3) is 3.96. The van der Waals surface area contributed by atoms with E-state index in [1.807, 2.05) is 12.1 Å². The maximum absolute atomic E-state index is 12.7. The standard InChI is InChI=1S/C23H21N3O4/c1-2-21(27)24-18-5-3-4-16(13-18)22(28)25-19-6-7-20-15(12-19)8-10-26(20)23(29)17-9-11-30-14-17/h3-7,9,11-14H,2,8,10H2,1H3,(H,24,27)(H,25,28). The quantitative estimate of drug-likeness (QED) is 0.671. The van der Waals surface area contributed by atoms with Crippen molar-refractivity contribution in [2.75, 3.05) is 22.1 Å². The first-order valence-corrected chi connectivity index (χ1v) is 9.73. The van der Waals surface area contributed by atoms with Crippen molar-refractivity contribution < 1.29 is 18.8 Å². The Morgan fingerprint density at radius 1 is 1.00 bits per heavy atom. The summed E-state index contributed by atoms with van der Waals surface area (Å²) in [7, 11) is 0. The second kappa shape index (κ2) is 8.24. The first-order chi connectivity index (χ1) is 14.5. The molecule has 30 heavy (non-hydrogen) atoms. The summed E-state index contributed by atoms with van der Waals surface area (Å²) in [6.07, 6.45) is 3.99. The van der Waals surface area contributed by atoms with Gasteiger partial charge in [0.15, 0.2) is 0 Å². The van der Waals surface area contributed by atoms with Gasteiger partial charge in [0, 0.05) is 35.6 Å². The van der Waals surface area contributed by atoms with E-state index in [1.165, 1.54) is 12.5 Å². The van der Waals surface area contributed by atoms with Crippen molar-refractivity contribution in [3.8, 4) is 0 Å². The van der Waals surface area contributed by atoms with Gasteiger partial charge in [0.25, 0.3) is 11.8 Å². The Morgan fingerprint density at radius 3 is 2.60 bits per heavy atom. The topological polar surface area (TPSA) is 91.7 Å². The van der Waals surface area contributed by atoms with Crippen LogP contribution in [0, 0.1) is 0 Å². The number of nitrogens with one attached hydrogen (secondary N) is 2. The van der Waals surface area contributed by atoms with Gasteiger partial charge in [0.2, 0.25) is 5.91 Å². The van der Waals surface area contributed by atoms with E-state index in [4.69, 9.17) is 4.42 Å². The molecule has 7 nitrogen and oxygen atoms in total. The van der Waals surface area contributed by atoms with E-state index in [2.05, 4.69) is 10.6 Å². The summed E-state index contributed by atoms with van der Waals surface area (Å²) in [6, 6.07) is 13.9. The largest absolute Gasteiger partial charge is 0.472 e. The highest BCUT2D eigenvalue weighted by Gasteiger charge is 2.26. The number of carbonyl (C=O) groups is 3. The van der Waals surface area contributed by atoms with Crippen LogP contribution in [0.25, 0.3) is 0 Å². The van der Waals surface area contributed by atoms with Crippen LogP contribution in [0.15, 0.2) is 65.5 Å². The lowest BCUT2D eigenvalue weighted by molar-refractivity contribution is -0.115. The molecule has 0 atom stereocenters. The molecular formula is C23H21N3O4. The van der Waals surface area contributed by atoms with Crippen molar-refractivity contribution in [3.63, 3.8) is 0 Å². The van der Waals surface area contributed by atoms with Crippen LogP contribution in [-0.4, -0.2) is 24.3 Å². The number of hydrogen-bond acceptors (Lipinski definition) is 4. The summed E-state index contributed by atoms with van der Waals surface area (Å²) in [4.78, 5) is 38.5. The molecule has 152 valence electrons. The Balaban J connectivity index is 1.48. The highest BCUT2D eigenvalue weighted by atomic mass is 16.3. The molecule has 0 spiro atoms. The minimum Gasteiger partial charge on any atom is -0.472 e. The molecule has 2 N–H and O–H groups in total. The van der Waals surface area contributed by atoms with Gasteiger partial charge in [-0.25, -0.2) is 0 Å². The van der Waals surface area contributed by atoms with E-state index in [1.54, 1.807) is 48.2 Å². The molecule has 1 aromatic heterocycles. The van der Waals surface area contributed by atoms with Crippen molar-refractivity contribution >= 4 is 34.8 Å². The van der Waals surface area contributed by atoms with Crippen LogP contribution in [0.4, 0.5) is 17.1 Å². The highest BCUT2D eigenvalue weighted by Crippen LogP contribution is 2.32. The normalized spacial score (nSPS) is 12.4. The van der Waals surface area contributed by atoms with Crippen LogP contribution in [0.2, 0.25) is 0 Å². The molecule has 0 radical (unpaired) electrons. The Labute approximate surface area is 173 Å². The molecule has 0 bridgehead atoms. The number of furan rings is 1. The summed E-state index contributed by atoms with van der Waals surface area (Å²) in [5.74, 6) is -0.488. The number of amides is 3. The van der Waals surface area contributed by atoms with E-state index < -0.39 is 0 Å². The fourth-order valence-electron chi connectivity index (χ4n) is 3.42. The van der Waals surface area contributed by atoms with Crippen molar-refractivity contribution in [2.24, 2.45) is 0 Å². The predicted octanol–water partition coefficient (Wildman–Crippen LogP) is 4.08. The molecule has 4 rings (SSSR count). The van der Waals surface area contributed by atoms with Gasteiger partial charge in [-0.05, 0) is 54.4 Å². The minimum absolute atomic E-state index is 0.106. The van der Waals surface area contributed by atoms with Crippen LogP contribution < -0.4 is 15.5 Å². The Kier molecular flexibility index (Phi) is 5.34. The number of carbonyl (C=O) groups excluding carboxylic acids is 3. The average Bonchev–Trinajstić information content (AvgIpc) is 3.43. The lowest BCUT2D eigenvalue weighted by atomic mass is 10.1. The zero-order chi connectivity index (χ0) is 21.1. The molecule has 2 aromatic carbocycles. The Bertz CT molecular complexity index is 1110. The second-order valence-electron chi connectivity index (χ2n) is 7.00. The number of hydrogen-bond donors (Lipinski definition) is 2. The van der Waals surface area contributed by atoms with Crippen molar-refractivity contribution in [3.05, 3.63) is 77.7 Å². The molecule has 0 aliphatic carbocycles. The first-order valence-electron chi connectivity index (χ1n) is 9.73. The first kappa shape index (κ1) is 19.4. The number of fused-ring (bicyclic) bond motifs is 1. The minimum atomic E-state index is -0.271. The molecule has 3 aromatic rings. The van der Waals surface area contributed by atoms with Crippen molar-refractivity contribution in [1.82, 2.24) is 0 Å². The molecule has 0 unspecified atom stereocenters. The van der Waals surface area contributed by atoms with Gasteiger partial charge in [0.05, 0.1) is 11.8 Å². The van der Waals surface area contributed by atoms with Gasteiger partial charge in [-0.3, -0.25) is 14.4 Å². The Morgan fingerprint density at radius 2 is 1.83 bits per heavy atom. The third-order valence-corrected chi connectivity index (χ3v) is 4.98. The van der Waals surface area contributed by atoms with Gasteiger partial charge in [-0.2, -0.15) is 0 Å². The van der Waals surface area contributed by atoms with Gasteiger partial charge in [-0.1, -0.05) is 13.0 Å². The SMILES string of the molecule is CCC(=O)Nc1cccc(C(=O)Nc2ccc3c(c2)CCN3C(=O)c2ccoc2)c1. The molecular weight excluding hydrogens is 382 g/mol. The maximum atomic E-state index is 12.7. The summed E-state index contributed by atoms with van der Waals surface area (Å²) in [5, 5.41) is 5.63. The van der Waals surface area contributed by atoms with Crippen molar-refractivity contribution in [2.45, 2.75) is 19.8 Å². The highest BCUT2D eigenvalue weighted by molar-refractivity contribution is 6.08. The average molecular weight is 403 g/mol. The van der Waals surface area contributed by atoms with Gasteiger partial charge < -0.3 is 20.0 Å². The molecule has 2 heterocycles. The van der Waals surface area contributed by atoms with Crippen LogP contribution in [0.3, 0.4) is 0 Å². The molecule has 0 fully saturated rings. The van der Waals surface area contributed by atoms with Crippen LogP contribution >= 0.6 is 0 Å². The number of benzene rings is 2. The lowest BCUT2D eigenvalue weighted by Crippen LogP contribution is -2.28. The van der Waals surface area contributed by atoms with E-state index in [0.717, 1.165) is 11.3 Å². The Hall–Kier alpha value is -3.87. The summed E-state index contributed by atoms with van der Waals surface area (Å²) in [6.45, 7) is 2.35. The van der Waals surface area contributed by atoms with E-state index in [0.29, 0.717) is 41.9 Å². The predicted molar refractivity (Wildman–Crippen MR) is 114 cm³/mol. The fourth-order valence-corrected chi connectivity index (χ4v) is 3.42. The molecule has 0 saturated heterocycles. The van der Waals surface area contributed by atoms with E-state index >= 15 is 0 Å². The molecule has 0 saturated carbocycles. The summed E-state index contributed by atoms with van der Waals surface area (Å²) >= 11 is 0. The second-order valence-corrected chi connectivity index (χ2v) is 7.00. The van der Waals surface area contributed by atoms with Crippen LogP contribution in [0.1, 0.15) is 39.6 Å². The number of nitrogens with zero attached hydrogens (tertiary/aromatic N) is 1. The third-order valence-electron chi connectivity index (χ3n) is 4.98. The lowest BCUT2D eigenvalue weighted by Gasteiger charge is -2.16. The van der Waals surface area contributed by atoms with Gasteiger partial charge in [-0.15, -0.1) is 0 Å². The summed E-state index contributed by atoms with van der Waals surface area (Å²) < 4.78 is 5.01. The smallest absolute Gasteiger partial charge is 0.261 e. The van der Waals surface area contributed by atoms with Crippen molar-refractivity contribution in [1.29, 1.82) is 0 Å². The molecule has 3 amide bonds. The zero-order valence-electron chi connectivity index (χ0n) is 16.5. The summed E-state index contributed by atoms with van der Waals surface area (Å²) in [5.41, 5.74) is 4.02. The van der Waals surface area contributed by atoms with E-state index in [-0.39, 0.29) is 17.7 Å². The monoisotopic (exact) mass is 403 g/mol. The zero-order valence-corrected chi connectivity index (χ0v) is 16.5. The number of rotatable bonds is 5. The van der Waals surface area contributed by atoms with E-state index in [9.17, 15) is 14.4 Å². The molecule has 1 aliphatic heterocycles. The maximum Gasteiger partial charge on any atom is 0.261 e. The molecule has 7 heteroatoms. The van der Waals surface area contributed by atoms with Gasteiger partial charge >= 0.3 is 0 Å².